The van der Waals surface area contributed by atoms with Gasteiger partial charge in [0.05, 0.1) is 10.6 Å². The minimum absolute atomic E-state index is 0.0135. The lowest BCUT2D eigenvalue weighted by Gasteiger charge is -2.34. The fourth-order valence-corrected chi connectivity index (χ4v) is 5.93. The molecule has 0 saturated carbocycles. The quantitative estimate of drug-likeness (QED) is 0.270. The van der Waals surface area contributed by atoms with E-state index in [9.17, 15) is 18.0 Å². The lowest BCUT2D eigenvalue weighted by molar-refractivity contribution is -0.140. The van der Waals surface area contributed by atoms with Gasteiger partial charge in [0.25, 0.3) is 10.0 Å². The van der Waals surface area contributed by atoms with Crippen LogP contribution in [0, 0.1) is 20.8 Å². The van der Waals surface area contributed by atoms with Gasteiger partial charge in [0.2, 0.25) is 11.8 Å². The van der Waals surface area contributed by atoms with E-state index < -0.39 is 28.5 Å². The van der Waals surface area contributed by atoms with Gasteiger partial charge in [0, 0.05) is 17.6 Å². The molecule has 2 amide bonds. The molecule has 7 nitrogen and oxygen atoms in total. The molecule has 0 saturated heterocycles. The van der Waals surface area contributed by atoms with E-state index in [1.807, 2.05) is 71.9 Å². The zero-order chi connectivity index (χ0) is 30.3. The second-order valence-corrected chi connectivity index (χ2v) is 12.8. The minimum atomic E-state index is -4.16. The number of hydrogen-bond donors (Lipinski definition) is 1. The summed E-state index contributed by atoms with van der Waals surface area (Å²) in [6.45, 7) is 11.2. The highest BCUT2D eigenvalue weighted by Gasteiger charge is 2.34. The molecule has 0 spiro atoms. The Balaban J connectivity index is 2.08. The second kappa shape index (κ2) is 14.0. The molecule has 0 aromatic heterocycles. The number of nitrogens with one attached hydrogen (secondary N) is 1. The normalized spacial score (nSPS) is 12.9. The van der Waals surface area contributed by atoms with Crippen molar-refractivity contribution in [2.75, 3.05) is 10.8 Å². The molecular formula is C32H40ClN3O4S. The molecule has 220 valence electrons. The van der Waals surface area contributed by atoms with Gasteiger partial charge in [-0.2, -0.15) is 0 Å². The summed E-state index contributed by atoms with van der Waals surface area (Å²) >= 11 is 6.03. The summed E-state index contributed by atoms with van der Waals surface area (Å²) in [5, 5.41) is 3.40. The van der Waals surface area contributed by atoms with Crippen LogP contribution in [0.2, 0.25) is 5.02 Å². The van der Waals surface area contributed by atoms with E-state index in [1.54, 1.807) is 12.1 Å². The van der Waals surface area contributed by atoms with Crippen LogP contribution in [0.4, 0.5) is 5.69 Å². The molecule has 3 aromatic carbocycles. The fraction of sp³-hybridized carbons (Fsp3) is 0.375. The summed E-state index contributed by atoms with van der Waals surface area (Å²) in [6.07, 6.45) is 1.11. The molecule has 0 bridgehead atoms. The molecule has 2 atom stereocenters. The van der Waals surface area contributed by atoms with Crippen LogP contribution in [0.15, 0.2) is 71.6 Å². The van der Waals surface area contributed by atoms with E-state index in [4.69, 9.17) is 11.6 Å². The van der Waals surface area contributed by atoms with Crippen molar-refractivity contribution >= 4 is 39.1 Å². The molecule has 0 unspecified atom stereocenters. The number of carbonyl (C=O) groups excluding carboxylic acids is 2. The monoisotopic (exact) mass is 597 g/mol. The van der Waals surface area contributed by atoms with Crippen molar-refractivity contribution in [1.82, 2.24) is 10.2 Å². The topological polar surface area (TPSA) is 86.8 Å². The molecule has 0 aliphatic rings. The van der Waals surface area contributed by atoms with Gasteiger partial charge >= 0.3 is 0 Å². The average molecular weight is 598 g/mol. The van der Waals surface area contributed by atoms with Crippen LogP contribution in [0.25, 0.3) is 0 Å². The average Bonchev–Trinajstić information content (AvgIpc) is 2.94. The van der Waals surface area contributed by atoms with Crippen LogP contribution in [0.3, 0.4) is 0 Å². The van der Waals surface area contributed by atoms with E-state index in [1.165, 1.54) is 29.2 Å². The summed E-state index contributed by atoms with van der Waals surface area (Å²) in [6, 6.07) is 18.0. The van der Waals surface area contributed by atoms with Crippen molar-refractivity contribution in [2.24, 2.45) is 0 Å². The number of sulfonamides is 1. The van der Waals surface area contributed by atoms with Gasteiger partial charge in [-0.3, -0.25) is 13.9 Å². The van der Waals surface area contributed by atoms with E-state index >= 15 is 0 Å². The maximum atomic E-state index is 14.2. The van der Waals surface area contributed by atoms with Crippen LogP contribution in [0.5, 0.6) is 0 Å². The molecular weight excluding hydrogens is 558 g/mol. The van der Waals surface area contributed by atoms with Gasteiger partial charge in [-0.1, -0.05) is 61.3 Å². The first-order valence-electron chi connectivity index (χ1n) is 13.9. The molecule has 1 N–H and O–H groups in total. The van der Waals surface area contributed by atoms with Crippen molar-refractivity contribution in [3.05, 3.63) is 94.0 Å². The lowest BCUT2D eigenvalue weighted by Crippen LogP contribution is -2.53. The van der Waals surface area contributed by atoms with Gasteiger partial charge in [-0.25, -0.2) is 8.42 Å². The van der Waals surface area contributed by atoms with E-state index in [0.29, 0.717) is 17.1 Å². The van der Waals surface area contributed by atoms with Crippen molar-refractivity contribution in [1.29, 1.82) is 0 Å². The highest BCUT2D eigenvalue weighted by molar-refractivity contribution is 7.92. The smallest absolute Gasteiger partial charge is 0.264 e. The Kier molecular flexibility index (Phi) is 11.0. The summed E-state index contributed by atoms with van der Waals surface area (Å²) < 4.78 is 29.1. The van der Waals surface area contributed by atoms with Crippen LogP contribution in [-0.2, 0) is 26.2 Å². The van der Waals surface area contributed by atoms with Gasteiger partial charge in [0.15, 0.2) is 0 Å². The Morgan fingerprint density at radius 3 is 2.07 bits per heavy atom. The zero-order valence-electron chi connectivity index (χ0n) is 24.6. The molecule has 0 fully saturated rings. The predicted octanol–water partition coefficient (Wildman–Crippen LogP) is 6.18. The van der Waals surface area contributed by atoms with Crippen LogP contribution >= 0.6 is 11.6 Å². The van der Waals surface area contributed by atoms with E-state index in [-0.39, 0.29) is 23.4 Å². The largest absolute Gasteiger partial charge is 0.352 e. The number of aryl methyl sites for hydroxylation is 3. The predicted molar refractivity (Wildman–Crippen MR) is 166 cm³/mol. The molecule has 3 aromatic rings. The molecule has 3 rings (SSSR count). The number of rotatable bonds is 12. The number of amides is 2. The number of anilines is 1. The first-order chi connectivity index (χ1) is 19.4. The molecule has 41 heavy (non-hydrogen) atoms. The molecule has 0 heterocycles. The zero-order valence-corrected chi connectivity index (χ0v) is 26.2. The molecule has 0 aliphatic heterocycles. The highest BCUT2D eigenvalue weighted by Crippen LogP contribution is 2.27. The number of halogens is 1. The third-order valence-electron chi connectivity index (χ3n) is 7.32. The summed E-state index contributed by atoms with van der Waals surface area (Å²) in [7, 11) is -4.16. The molecule has 9 heteroatoms. The minimum Gasteiger partial charge on any atom is -0.352 e. The third kappa shape index (κ3) is 8.11. The first-order valence-corrected chi connectivity index (χ1v) is 15.7. The summed E-state index contributed by atoms with van der Waals surface area (Å²) in [5.74, 6) is -0.743. The van der Waals surface area contributed by atoms with Gasteiger partial charge < -0.3 is 10.2 Å². The number of benzene rings is 3. The van der Waals surface area contributed by atoms with Gasteiger partial charge in [-0.15, -0.1) is 0 Å². The second-order valence-electron chi connectivity index (χ2n) is 10.5. The first kappa shape index (κ1) is 32.2. The van der Waals surface area contributed by atoms with Crippen LogP contribution in [-0.4, -0.2) is 43.8 Å². The Morgan fingerprint density at radius 1 is 0.878 bits per heavy atom. The van der Waals surface area contributed by atoms with E-state index in [2.05, 4.69) is 5.32 Å². The Morgan fingerprint density at radius 2 is 1.51 bits per heavy atom. The molecule has 0 radical (unpaired) electrons. The van der Waals surface area contributed by atoms with Crippen LogP contribution < -0.4 is 9.62 Å². The van der Waals surface area contributed by atoms with Crippen molar-refractivity contribution in [3.8, 4) is 0 Å². The highest BCUT2D eigenvalue weighted by atomic mass is 35.5. The maximum Gasteiger partial charge on any atom is 0.264 e. The molecule has 0 aliphatic carbocycles. The standard InChI is InChI=1S/C32H40ClN3O4S/c1-7-25(6)34-32(38)30(8-2)35(20-26-12-9-22(3)10-13-26)31(37)21-36(28-16-11-23(4)24(5)19-28)41(39,40)29-17-14-27(33)15-18-29/h9-19,25,30H,7-8,20-21H2,1-6H3,(H,34,38)/t25-,30-/m0/s1. The maximum absolute atomic E-state index is 14.2. The number of nitrogens with zero attached hydrogens (tertiary/aromatic N) is 2. The van der Waals surface area contributed by atoms with Crippen molar-refractivity contribution in [2.45, 2.75) is 77.9 Å². The van der Waals surface area contributed by atoms with Crippen LogP contribution in [0.1, 0.15) is 55.9 Å². The van der Waals surface area contributed by atoms with Gasteiger partial charge in [0.1, 0.15) is 12.6 Å². The lowest BCUT2D eigenvalue weighted by atomic mass is 10.1. The Hall–Kier alpha value is -3.36. The number of carbonyl (C=O) groups is 2. The van der Waals surface area contributed by atoms with E-state index in [0.717, 1.165) is 33.0 Å². The SMILES string of the molecule is CC[C@H](C)NC(=O)[C@H](CC)N(Cc1ccc(C)cc1)C(=O)CN(c1ccc(C)c(C)c1)S(=O)(=O)c1ccc(Cl)cc1. The van der Waals surface area contributed by atoms with Gasteiger partial charge in [-0.05, 0) is 93.6 Å². The van der Waals surface area contributed by atoms with Crippen molar-refractivity contribution < 1.29 is 18.0 Å². The fourth-order valence-electron chi connectivity index (χ4n) is 4.39. The third-order valence-corrected chi connectivity index (χ3v) is 9.36. The summed E-state index contributed by atoms with van der Waals surface area (Å²) in [4.78, 5) is 29.0. The summed E-state index contributed by atoms with van der Waals surface area (Å²) in [5.41, 5.74) is 4.17. The number of hydrogen-bond acceptors (Lipinski definition) is 4. The Labute approximate surface area is 249 Å². The Bertz CT molecular complexity index is 1460. The van der Waals surface area contributed by atoms with Crippen molar-refractivity contribution in [3.63, 3.8) is 0 Å².